The summed E-state index contributed by atoms with van der Waals surface area (Å²) < 4.78 is 36.7. The first kappa shape index (κ1) is 20.4. The summed E-state index contributed by atoms with van der Waals surface area (Å²) in [5.74, 6) is -0.272. The van der Waals surface area contributed by atoms with Crippen LogP contribution in [0.3, 0.4) is 0 Å². The quantitative estimate of drug-likeness (QED) is 0.775. The van der Waals surface area contributed by atoms with Gasteiger partial charge in [0.1, 0.15) is 22.9 Å². The molecule has 0 radical (unpaired) electrons. The van der Waals surface area contributed by atoms with Crippen LogP contribution in [-0.2, 0) is 19.6 Å². The third kappa shape index (κ3) is 3.95. The Bertz CT molecular complexity index is 1090. The molecule has 0 saturated carbocycles. The van der Waals surface area contributed by atoms with Crippen LogP contribution in [0.4, 0.5) is 5.69 Å². The summed E-state index contributed by atoms with van der Waals surface area (Å²) in [5, 5.41) is 2.57. The lowest BCUT2D eigenvalue weighted by Crippen LogP contribution is -2.38. The molecule has 8 nitrogen and oxygen atoms in total. The van der Waals surface area contributed by atoms with Gasteiger partial charge in [0, 0.05) is 17.3 Å². The third-order valence-electron chi connectivity index (χ3n) is 4.43. The molecule has 0 aromatic heterocycles. The highest BCUT2D eigenvalue weighted by Crippen LogP contribution is 2.35. The molecule has 0 fully saturated rings. The molecule has 1 aliphatic heterocycles. The van der Waals surface area contributed by atoms with Gasteiger partial charge in [0.2, 0.25) is 5.91 Å². The maximum Gasteiger partial charge on any atom is 0.268 e. The van der Waals surface area contributed by atoms with Gasteiger partial charge < -0.3 is 14.8 Å². The number of nitrogens with zero attached hydrogens (tertiary/aromatic N) is 1. The standard InChI is InChI=1S/C20H20N2O6S/c1-13-19(14-7-9-16(27-2)10-8-14)29(25,26)22(20(13)24)12-18(23)21-15-5-4-6-17(11-15)28-3/h4-11H,12H2,1-3H3,(H,21,23). The summed E-state index contributed by atoms with van der Waals surface area (Å²) >= 11 is 0. The number of sulfonamides is 1. The second-order valence-corrected chi connectivity index (χ2v) is 8.08. The van der Waals surface area contributed by atoms with E-state index in [9.17, 15) is 18.0 Å². The van der Waals surface area contributed by atoms with Crippen molar-refractivity contribution >= 4 is 32.4 Å². The Morgan fingerprint density at radius 2 is 1.69 bits per heavy atom. The van der Waals surface area contributed by atoms with Crippen LogP contribution in [-0.4, -0.2) is 45.3 Å². The fourth-order valence-electron chi connectivity index (χ4n) is 2.99. The number of carbonyl (C=O) groups excluding carboxylic acids is 2. The fraction of sp³-hybridized carbons (Fsp3) is 0.200. The molecular formula is C20H20N2O6S. The fourth-order valence-corrected chi connectivity index (χ4v) is 4.76. The van der Waals surface area contributed by atoms with E-state index in [4.69, 9.17) is 9.47 Å². The van der Waals surface area contributed by atoms with Gasteiger partial charge in [-0.1, -0.05) is 6.07 Å². The largest absolute Gasteiger partial charge is 0.497 e. The number of rotatable bonds is 6. The van der Waals surface area contributed by atoms with Crippen molar-refractivity contribution in [2.75, 3.05) is 26.1 Å². The van der Waals surface area contributed by atoms with E-state index in [2.05, 4.69) is 5.32 Å². The molecule has 2 amide bonds. The Labute approximate surface area is 168 Å². The first-order valence-corrected chi connectivity index (χ1v) is 10.1. The van der Waals surface area contributed by atoms with E-state index in [1.165, 1.54) is 21.1 Å². The first-order chi connectivity index (χ1) is 13.8. The van der Waals surface area contributed by atoms with Crippen molar-refractivity contribution < 1.29 is 27.5 Å². The van der Waals surface area contributed by atoms with Crippen LogP contribution in [0.5, 0.6) is 11.5 Å². The molecular weight excluding hydrogens is 396 g/mol. The van der Waals surface area contributed by atoms with E-state index in [-0.39, 0.29) is 10.5 Å². The van der Waals surface area contributed by atoms with Crippen LogP contribution >= 0.6 is 0 Å². The maximum absolute atomic E-state index is 13.0. The number of hydrogen-bond acceptors (Lipinski definition) is 6. The molecule has 2 aromatic carbocycles. The minimum Gasteiger partial charge on any atom is -0.497 e. The highest BCUT2D eigenvalue weighted by molar-refractivity contribution is 7.99. The molecule has 0 saturated heterocycles. The van der Waals surface area contributed by atoms with E-state index in [0.29, 0.717) is 27.1 Å². The Hall–Kier alpha value is -3.33. The van der Waals surface area contributed by atoms with Crippen LogP contribution in [0.2, 0.25) is 0 Å². The molecule has 0 atom stereocenters. The van der Waals surface area contributed by atoms with Crippen molar-refractivity contribution in [2.45, 2.75) is 6.92 Å². The zero-order valence-electron chi connectivity index (χ0n) is 16.1. The SMILES string of the molecule is COc1ccc(C2=C(C)C(=O)N(CC(=O)Nc3cccc(OC)c3)S2(=O)=O)cc1. The van der Waals surface area contributed by atoms with Crippen LogP contribution in [0.25, 0.3) is 4.91 Å². The van der Waals surface area contributed by atoms with Crippen molar-refractivity contribution in [3.05, 3.63) is 59.7 Å². The van der Waals surface area contributed by atoms with Gasteiger partial charge >= 0.3 is 0 Å². The third-order valence-corrected chi connectivity index (χ3v) is 6.36. The van der Waals surface area contributed by atoms with Crippen molar-refractivity contribution in [1.29, 1.82) is 0 Å². The number of nitrogens with one attached hydrogen (secondary N) is 1. The predicted octanol–water partition coefficient (Wildman–Crippen LogP) is 2.25. The number of carbonyl (C=O) groups is 2. The van der Waals surface area contributed by atoms with Gasteiger partial charge in [-0.25, -0.2) is 12.7 Å². The summed E-state index contributed by atoms with van der Waals surface area (Å²) in [6.07, 6.45) is 0. The Morgan fingerprint density at radius 1 is 1.03 bits per heavy atom. The van der Waals surface area contributed by atoms with E-state index >= 15 is 0 Å². The number of methoxy groups -OCH3 is 2. The minimum atomic E-state index is -4.16. The molecule has 2 aromatic rings. The van der Waals surface area contributed by atoms with Gasteiger partial charge in [-0.15, -0.1) is 0 Å². The molecule has 0 spiro atoms. The van der Waals surface area contributed by atoms with E-state index in [0.717, 1.165) is 0 Å². The monoisotopic (exact) mass is 416 g/mol. The molecule has 0 unspecified atom stereocenters. The van der Waals surface area contributed by atoms with E-state index < -0.39 is 28.4 Å². The summed E-state index contributed by atoms with van der Waals surface area (Å²) in [6, 6.07) is 12.9. The van der Waals surface area contributed by atoms with Gasteiger partial charge in [0.25, 0.3) is 15.9 Å². The lowest BCUT2D eigenvalue weighted by atomic mass is 10.1. The summed E-state index contributed by atoms with van der Waals surface area (Å²) in [5.41, 5.74) is 0.843. The van der Waals surface area contributed by atoms with Crippen molar-refractivity contribution in [3.8, 4) is 11.5 Å². The van der Waals surface area contributed by atoms with Gasteiger partial charge in [-0.3, -0.25) is 9.59 Å². The number of amides is 2. The second-order valence-electron chi connectivity index (χ2n) is 6.28. The number of anilines is 1. The van der Waals surface area contributed by atoms with Crippen LogP contribution in [0.15, 0.2) is 54.1 Å². The topological polar surface area (TPSA) is 102 Å². The van der Waals surface area contributed by atoms with Crippen LogP contribution in [0.1, 0.15) is 12.5 Å². The zero-order valence-corrected chi connectivity index (χ0v) is 16.9. The van der Waals surface area contributed by atoms with Gasteiger partial charge in [-0.2, -0.15) is 0 Å². The van der Waals surface area contributed by atoms with E-state index in [1.54, 1.807) is 48.5 Å². The van der Waals surface area contributed by atoms with Gasteiger partial charge in [-0.05, 0) is 48.9 Å². The van der Waals surface area contributed by atoms with Crippen LogP contribution in [0, 0.1) is 0 Å². The lowest BCUT2D eigenvalue weighted by molar-refractivity contribution is -0.126. The normalized spacial score (nSPS) is 15.4. The average Bonchev–Trinajstić information content (AvgIpc) is 2.87. The summed E-state index contributed by atoms with van der Waals surface area (Å²) in [7, 11) is -1.17. The molecule has 3 rings (SSSR count). The van der Waals surface area contributed by atoms with Crippen molar-refractivity contribution in [3.63, 3.8) is 0 Å². The molecule has 152 valence electrons. The molecule has 1 aliphatic rings. The first-order valence-electron chi connectivity index (χ1n) is 8.64. The number of hydrogen-bond donors (Lipinski definition) is 1. The Kier molecular flexibility index (Phi) is 5.60. The number of benzene rings is 2. The van der Waals surface area contributed by atoms with Crippen molar-refractivity contribution in [1.82, 2.24) is 4.31 Å². The van der Waals surface area contributed by atoms with Crippen molar-refractivity contribution in [2.24, 2.45) is 0 Å². The number of ether oxygens (including phenoxy) is 2. The summed E-state index contributed by atoms with van der Waals surface area (Å²) in [4.78, 5) is 24.9. The van der Waals surface area contributed by atoms with E-state index in [1.807, 2.05) is 0 Å². The molecule has 0 bridgehead atoms. The maximum atomic E-state index is 13.0. The molecule has 9 heteroatoms. The van der Waals surface area contributed by atoms with Gasteiger partial charge in [0.05, 0.1) is 14.2 Å². The zero-order chi connectivity index (χ0) is 21.2. The lowest BCUT2D eigenvalue weighted by Gasteiger charge is -2.16. The molecule has 1 N–H and O–H groups in total. The highest BCUT2D eigenvalue weighted by Gasteiger charge is 2.43. The molecule has 1 heterocycles. The smallest absolute Gasteiger partial charge is 0.268 e. The molecule has 29 heavy (non-hydrogen) atoms. The second kappa shape index (κ2) is 7.96. The van der Waals surface area contributed by atoms with Crippen LogP contribution < -0.4 is 14.8 Å². The highest BCUT2D eigenvalue weighted by atomic mass is 32.2. The van der Waals surface area contributed by atoms with Gasteiger partial charge in [0.15, 0.2) is 0 Å². The Balaban J connectivity index is 1.82. The minimum absolute atomic E-state index is 0.0596. The average molecular weight is 416 g/mol. The summed E-state index contributed by atoms with van der Waals surface area (Å²) in [6.45, 7) is 0.800. The predicted molar refractivity (Wildman–Crippen MR) is 108 cm³/mol. The molecule has 0 aliphatic carbocycles. The Morgan fingerprint density at radius 3 is 2.31 bits per heavy atom.